The van der Waals surface area contributed by atoms with Crippen molar-refractivity contribution in [3.63, 3.8) is 0 Å². The number of carbonyl (C=O) groups excluding carboxylic acids is 2. The summed E-state index contributed by atoms with van der Waals surface area (Å²) in [5.74, 6) is 0.546. The van der Waals surface area contributed by atoms with Gasteiger partial charge in [0.1, 0.15) is 11.8 Å². The molecular formula is C26H35N3O3. The normalized spacial score (nSPS) is 15.7. The molecule has 0 aromatic heterocycles. The number of amides is 2. The molecule has 0 radical (unpaired) electrons. The highest BCUT2D eigenvalue weighted by Crippen LogP contribution is 2.15. The zero-order valence-corrected chi connectivity index (χ0v) is 19.2. The number of benzene rings is 2. The molecule has 0 bridgehead atoms. The molecule has 2 N–H and O–H groups in total. The molecule has 0 spiro atoms. The number of hydrogen-bond donors (Lipinski definition) is 2. The van der Waals surface area contributed by atoms with Crippen LogP contribution >= 0.6 is 0 Å². The van der Waals surface area contributed by atoms with Crippen molar-refractivity contribution < 1.29 is 14.3 Å². The first kappa shape index (κ1) is 23.8. The second-order valence-electron chi connectivity index (χ2n) is 8.48. The highest BCUT2D eigenvalue weighted by Gasteiger charge is 2.25. The third kappa shape index (κ3) is 7.38. The number of carbonyl (C=O) groups is 2. The van der Waals surface area contributed by atoms with Gasteiger partial charge < -0.3 is 15.4 Å². The lowest BCUT2D eigenvalue weighted by molar-refractivity contribution is -0.129. The van der Waals surface area contributed by atoms with Crippen molar-refractivity contribution in [2.45, 2.75) is 57.7 Å². The lowest BCUT2D eigenvalue weighted by Gasteiger charge is -2.33. The Balaban J connectivity index is 1.45. The Kier molecular flexibility index (Phi) is 9.11. The molecule has 0 aliphatic carbocycles. The van der Waals surface area contributed by atoms with Crippen LogP contribution in [-0.4, -0.2) is 49.0 Å². The molecule has 32 heavy (non-hydrogen) atoms. The Hall–Kier alpha value is -2.86. The third-order valence-electron chi connectivity index (χ3n) is 5.94. The van der Waals surface area contributed by atoms with Gasteiger partial charge in [0.05, 0.1) is 13.5 Å². The first-order valence-corrected chi connectivity index (χ1v) is 11.6. The second-order valence-corrected chi connectivity index (χ2v) is 8.48. The Morgan fingerprint density at radius 2 is 1.72 bits per heavy atom. The minimum Gasteiger partial charge on any atom is -0.497 e. The van der Waals surface area contributed by atoms with Crippen LogP contribution in [0.4, 0.5) is 0 Å². The maximum atomic E-state index is 12.9. The molecule has 0 saturated carbocycles. The monoisotopic (exact) mass is 437 g/mol. The van der Waals surface area contributed by atoms with Crippen LogP contribution in [0.1, 0.15) is 43.7 Å². The second kappa shape index (κ2) is 12.2. The van der Waals surface area contributed by atoms with Gasteiger partial charge in [0.15, 0.2) is 0 Å². The fourth-order valence-corrected chi connectivity index (χ4v) is 4.11. The van der Waals surface area contributed by atoms with Crippen molar-refractivity contribution in [1.82, 2.24) is 15.5 Å². The molecule has 1 atom stereocenters. The highest BCUT2D eigenvalue weighted by atomic mass is 16.5. The molecule has 172 valence electrons. The molecule has 2 amide bonds. The van der Waals surface area contributed by atoms with Crippen LogP contribution in [0, 0.1) is 0 Å². The summed E-state index contributed by atoms with van der Waals surface area (Å²) in [7, 11) is 1.61. The van der Waals surface area contributed by atoms with Crippen LogP contribution in [0.5, 0.6) is 5.75 Å². The van der Waals surface area contributed by atoms with E-state index >= 15 is 0 Å². The van der Waals surface area contributed by atoms with Crippen molar-refractivity contribution in [2.24, 2.45) is 0 Å². The average molecular weight is 438 g/mol. The molecule has 1 saturated heterocycles. The number of piperidine rings is 1. The Morgan fingerprint density at radius 1 is 1.03 bits per heavy atom. The van der Waals surface area contributed by atoms with E-state index in [4.69, 9.17) is 4.74 Å². The van der Waals surface area contributed by atoms with E-state index in [1.807, 2.05) is 37.3 Å². The lowest BCUT2D eigenvalue weighted by Crippen LogP contribution is -2.52. The predicted molar refractivity (Wildman–Crippen MR) is 126 cm³/mol. The van der Waals surface area contributed by atoms with Crippen LogP contribution in [0.2, 0.25) is 0 Å². The molecule has 1 fully saturated rings. The van der Waals surface area contributed by atoms with E-state index in [-0.39, 0.29) is 24.3 Å². The molecule has 3 rings (SSSR count). The van der Waals surface area contributed by atoms with Gasteiger partial charge in [-0.1, -0.05) is 55.8 Å². The van der Waals surface area contributed by atoms with E-state index in [1.165, 1.54) is 5.56 Å². The summed E-state index contributed by atoms with van der Waals surface area (Å²) in [5.41, 5.74) is 2.21. The summed E-state index contributed by atoms with van der Waals surface area (Å²) in [4.78, 5) is 27.9. The SMILES string of the molecule is CCCC(NC(=O)Cc1ccc(OC)cc1)C(=O)NC1CCN(Cc2ccccc2)CC1. The molecule has 6 heteroatoms. The van der Waals surface area contributed by atoms with E-state index in [0.717, 1.165) is 50.2 Å². The first-order chi connectivity index (χ1) is 15.6. The molecule has 1 aliphatic heterocycles. The van der Waals surface area contributed by atoms with Gasteiger partial charge in [-0.15, -0.1) is 0 Å². The quantitative estimate of drug-likeness (QED) is 0.598. The standard InChI is InChI=1S/C26H35N3O3/c1-3-7-24(28-25(30)18-20-10-12-23(32-2)13-11-20)26(31)27-22-14-16-29(17-15-22)19-21-8-5-4-6-9-21/h4-6,8-13,22,24H,3,7,14-19H2,1-2H3,(H,27,31)(H,28,30). The summed E-state index contributed by atoms with van der Waals surface area (Å²) in [6.45, 7) is 4.89. The van der Waals surface area contributed by atoms with Crippen LogP contribution < -0.4 is 15.4 Å². The average Bonchev–Trinajstić information content (AvgIpc) is 2.81. The van der Waals surface area contributed by atoms with E-state index in [2.05, 4.69) is 39.8 Å². The zero-order chi connectivity index (χ0) is 22.8. The van der Waals surface area contributed by atoms with Crippen LogP contribution in [0.25, 0.3) is 0 Å². The summed E-state index contributed by atoms with van der Waals surface area (Å²) < 4.78 is 5.15. The first-order valence-electron chi connectivity index (χ1n) is 11.6. The highest BCUT2D eigenvalue weighted by molar-refractivity contribution is 5.88. The molecule has 1 heterocycles. The van der Waals surface area contributed by atoms with E-state index in [9.17, 15) is 9.59 Å². The van der Waals surface area contributed by atoms with Gasteiger partial charge in [0, 0.05) is 25.7 Å². The number of nitrogens with zero attached hydrogens (tertiary/aromatic N) is 1. The summed E-state index contributed by atoms with van der Waals surface area (Å²) in [6, 6.07) is 17.6. The largest absolute Gasteiger partial charge is 0.497 e. The summed E-state index contributed by atoms with van der Waals surface area (Å²) in [5, 5.41) is 6.11. The number of likely N-dealkylation sites (tertiary alicyclic amines) is 1. The van der Waals surface area contributed by atoms with Crippen LogP contribution in [0.3, 0.4) is 0 Å². The van der Waals surface area contributed by atoms with Crippen molar-refractivity contribution in [3.05, 3.63) is 65.7 Å². The maximum absolute atomic E-state index is 12.9. The predicted octanol–water partition coefficient (Wildman–Crippen LogP) is 3.30. The molecule has 6 nitrogen and oxygen atoms in total. The van der Waals surface area contributed by atoms with Crippen molar-refractivity contribution in [3.8, 4) is 5.75 Å². The smallest absolute Gasteiger partial charge is 0.242 e. The van der Waals surface area contributed by atoms with Crippen molar-refractivity contribution >= 4 is 11.8 Å². The Morgan fingerprint density at radius 3 is 2.34 bits per heavy atom. The van der Waals surface area contributed by atoms with Gasteiger partial charge >= 0.3 is 0 Å². The number of hydrogen-bond acceptors (Lipinski definition) is 4. The number of rotatable bonds is 10. The van der Waals surface area contributed by atoms with E-state index in [0.29, 0.717) is 6.42 Å². The topological polar surface area (TPSA) is 70.7 Å². The minimum absolute atomic E-state index is 0.0727. The van der Waals surface area contributed by atoms with Gasteiger partial charge in [0.2, 0.25) is 11.8 Å². The molecule has 2 aromatic rings. The van der Waals surface area contributed by atoms with Gasteiger partial charge in [-0.25, -0.2) is 0 Å². The molecular weight excluding hydrogens is 402 g/mol. The van der Waals surface area contributed by atoms with Gasteiger partial charge in [0.25, 0.3) is 0 Å². The van der Waals surface area contributed by atoms with E-state index in [1.54, 1.807) is 7.11 Å². The lowest BCUT2D eigenvalue weighted by atomic mass is 10.0. The van der Waals surface area contributed by atoms with Crippen molar-refractivity contribution in [2.75, 3.05) is 20.2 Å². The van der Waals surface area contributed by atoms with Gasteiger partial charge in [-0.3, -0.25) is 14.5 Å². The Bertz CT molecular complexity index is 846. The van der Waals surface area contributed by atoms with Crippen LogP contribution in [-0.2, 0) is 22.6 Å². The summed E-state index contributed by atoms with van der Waals surface area (Å²) >= 11 is 0. The third-order valence-corrected chi connectivity index (χ3v) is 5.94. The number of ether oxygens (including phenoxy) is 1. The Labute approximate surface area is 191 Å². The van der Waals surface area contributed by atoms with Crippen molar-refractivity contribution in [1.29, 1.82) is 0 Å². The molecule has 2 aromatic carbocycles. The van der Waals surface area contributed by atoms with Gasteiger partial charge in [-0.05, 0) is 42.5 Å². The number of methoxy groups -OCH3 is 1. The fraction of sp³-hybridized carbons (Fsp3) is 0.462. The fourth-order valence-electron chi connectivity index (χ4n) is 4.11. The molecule has 1 aliphatic rings. The minimum atomic E-state index is -0.493. The van der Waals surface area contributed by atoms with Crippen LogP contribution in [0.15, 0.2) is 54.6 Å². The molecule has 1 unspecified atom stereocenters. The summed E-state index contributed by atoms with van der Waals surface area (Å²) in [6.07, 6.45) is 3.56. The van der Waals surface area contributed by atoms with E-state index < -0.39 is 6.04 Å². The zero-order valence-electron chi connectivity index (χ0n) is 19.2. The number of nitrogens with one attached hydrogen (secondary N) is 2. The maximum Gasteiger partial charge on any atom is 0.242 e. The van der Waals surface area contributed by atoms with Gasteiger partial charge in [-0.2, -0.15) is 0 Å².